The van der Waals surface area contributed by atoms with Gasteiger partial charge in [0, 0.05) is 44.9 Å². The standard InChI is InChI=1S/C20H28N2O3S/c1-14(23)19-8-16(13-26-19)9-20(24)22-11-15-2-3-18(22)12-21(10-15)17-4-6-25-7-5-17/h8,13,15,17-18H,2-7,9-12H2,1H3/t15-,18+/m0/s1. The van der Waals surface area contributed by atoms with Crippen LogP contribution in [0.2, 0.25) is 0 Å². The molecular weight excluding hydrogens is 348 g/mol. The Bertz CT molecular complexity index is 668. The highest BCUT2D eigenvalue weighted by molar-refractivity contribution is 7.12. The van der Waals surface area contributed by atoms with Gasteiger partial charge in [-0.1, -0.05) is 0 Å². The summed E-state index contributed by atoms with van der Waals surface area (Å²) >= 11 is 1.44. The van der Waals surface area contributed by atoms with Crippen LogP contribution < -0.4 is 0 Å². The summed E-state index contributed by atoms with van der Waals surface area (Å²) in [6.45, 7) is 6.35. The van der Waals surface area contributed by atoms with Crippen molar-refractivity contribution < 1.29 is 14.3 Å². The highest BCUT2D eigenvalue weighted by Crippen LogP contribution is 2.31. The number of thiophene rings is 1. The fraction of sp³-hybridized carbons (Fsp3) is 0.700. The van der Waals surface area contributed by atoms with E-state index in [4.69, 9.17) is 4.74 Å². The number of hydrogen-bond donors (Lipinski definition) is 0. The van der Waals surface area contributed by atoms with E-state index >= 15 is 0 Å². The van der Waals surface area contributed by atoms with Crippen molar-refractivity contribution in [3.8, 4) is 0 Å². The molecule has 0 aliphatic carbocycles. The van der Waals surface area contributed by atoms with Crippen molar-refractivity contribution >= 4 is 23.0 Å². The number of amides is 1. The lowest BCUT2D eigenvalue weighted by Gasteiger charge is -2.37. The predicted molar refractivity (Wildman–Crippen MR) is 102 cm³/mol. The molecule has 4 fully saturated rings. The summed E-state index contributed by atoms with van der Waals surface area (Å²) < 4.78 is 5.52. The Morgan fingerprint density at radius 2 is 1.92 bits per heavy atom. The zero-order valence-corrected chi connectivity index (χ0v) is 16.3. The van der Waals surface area contributed by atoms with Gasteiger partial charge in [0.1, 0.15) is 0 Å². The topological polar surface area (TPSA) is 49.9 Å². The largest absolute Gasteiger partial charge is 0.381 e. The van der Waals surface area contributed by atoms with E-state index in [9.17, 15) is 9.59 Å². The van der Waals surface area contributed by atoms with Crippen LogP contribution in [0.25, 0.3) is 0 Å². The Morgan fingerprint density at radius 3 is 2.65 bits per heavy atom. The molecule has 0 radical (unpaired) electrons. The Morgan fingerprint density at radius 1 is 1.12 bits per heavy atom. The van der Waals surface area contributed by atoms with Crippen molar-refractivity contribution in [2.24, 2.45) is 5.92 Å². The lowest BCUT2D eigenvalue weighted by molar-refractivity contribution is -0.134. The molecular formula is C20H28N2O3S. The lowest BCUT2D eigenvalue weighted by Crippen LogP contribution is -2.49. The van der Waals surface area contributed by atoms with Gasteiger partial charge in [-0.3, -0.25) is 14.5 Å². The van der Waals surface area contributed by atoms with E-state index in [1.807, 2.05) is 11.4 Å². The maximum Gasteiger partial charge on any atom is 0.227 e. The molecule has 5 rings (SSSR count). The van der Waals surface area contributed by atoms with Crippen molar-refractivity contribution in [3.05, 3.63) is 21.9 Å². The molecule has 6 heteroatoms. The van der Waals surface area contributed by atoms with E-state index in [0.29, 0.717) is 24.4 Å². The van der Waals surface area contributed by atoms with Crippen LogP contribution in [0.1, 0.15) is 47.8 Å². The highest BCUT2D eigenvalue weighted by Gasteiger charge is 2.39. The molecule has 4 saturated heterocycles. The van der Waals surface area contributed by atoms with Gasteiger partial charge in [-0.25, -0.2) is 0 Å². The number of fused-ring (bicyclic) bond motifs is 4. The van der Waals surface area contributed by atoms with Gasteiger partial charge in [0.15, 0.2) is 5.78 Å². The molecule has 0 spiro atoms. The van der Waals surface area contributed by atoms with Gasteiger partial charge in [-0.05, 0) is 55.5 Å². The number of rotatable bonds is 4. The molecule has 1 amide bonds. The first kappa shape index (κ1) is 18.1. The molecule has 0 saturated carbocycles. The van der Waals surface area contributed by atoms with Gasteiger partial charge >= 0.3 is 0 Å². The van der Waals surface area contributed by atoms with E-state index < -0.39 is 0 Å². The van der Waals surface area contributed by atoms with Crippen LogP contribution in [-0.2, 0) is 16.0 Å². The van der Waals surface area contributed by atoms with Crippen LogP contribution >= 0.6 is 11.3 Å². The molecule has 1 aromatic heterocycles. The number of ether oxygens (including phenoxy) is 1. The molecule has 26 heavy (non-hydrogen) atoms. The number of Topliss-reactive ketones (excluding diaryl/α,β-unsaturated/α-hetero) is 1. The number of nitrogens with zero attached hydrogens (tertiary/aromatic N) is 2. The quantitative estimate of drug-likeness (QED) is 0.758. The number of ketones is 1. The van der Waals surface area contributed by atoms with Crippen LogP contribution in [0, 0.1) is 5.92 Å². The van der Waals surface area contributed by atoms with Crippen molar-refractivity contribution in [2.45, 2.75) is 51.1 Å². The van der Waals surface area contributed by atoms with Crippen molar-refractivity contribution in [2.75, 3.05) is 32.8 Å². The Balaban J connectivity index is 1.42. The second kappa shape index (κ2) is 7.79. The van der Waals surface area contributed by atoms with Crippen LogP contribution in [0.3, 0.4) is 0 Å². The molecule has 5 nitrogen and oxygen atoms in total. The zero-order chi connectivity index (χ0) is 18.1. The van der Waals surface area contributed by atoms with Crippen LogP contribution in [-0.4, -0.2) is 66.4 Å². The highest BCUT2D eigenvalue weighted by atomic mass is 32.1. The average molecular weight is 377 g/mol. The molecule has 4 aliphatic heterocycles. The second-order valence-corrected chi connectivity index (χ2v) is 8.90. The fourth-order valence-electron chi connectivity index (χ4n) is 4.70. The monoisotopic (exact) mass is 376 g/mol. The number of carbonyl (C=O) groups is 2. The lowest BCUT2D eigenvalue weighted by atomic mass is 9.94. The fourth-order valence-corrected chi connectivity index (χ4v) is 5.52. The first-order valence-corrected chi connectivity index (χ1v) is 10.7. The van der Waals surface area contributed by atoms with Crippen LogP contribution in [0.15, 0.2) is 11.4 Å². The third-order valence-corrected chi connectivity index (χ3v) is 7.21. The van der Waals surface area contributed by atoms with E-state index in [1.54, 1.807) is 6.92 Å². The minimum atomic E-state index is 0.0784. The third-order valence-electron chi connectivity index (χ3n) is 6.13. The summed E-state index contributed by atoms with van der Waals surface area (Å²) in [5.74, 6) is 0.895. The van der Waals surface area contributed by atoms with Crippen LogP contribution in [0.5, 0.6) is 0 Å². The molecule has 0 N–H and O–H groups in total. The Kier molecular flexibility index (Phi) is 5.43. The van der Waals surface area contributed by atoms with Gasteiger partial charge in [0.05, 0.1) is 11.3 Å². The van der Waals surface area contributed by atoms with Gasteiger partial charge in [-0.2, -0.15) is 0 Å². The molecule has 0 unspecified atom stereocenters. The second-order valence-electron chi connectivity index (χ2n) is 7.99. The first-order chi connectivity index (χ1) is 12.6. The molecule has 4 aliphatic rings. The van der Waals surface area contributed by atoms with E-state index in [-0.39, 0.29) is 11.7 Å². The van der Waals surface area contributed by atoms with Gasteiger partial charge in [0.25, 0.3) is 0 Å². The number of hydrogen-bond acceptors (Lipinski definition) is 5. The van der Waals surface area contributed by atoms with E-state index in [1.165, 1.54) is 17.8 Å². The Hall–Kier alpha value is -1.24. The maximum absolute atomic E-state index is 13.0. The summed E-state index contributed by atoms with van der Waals surface area (Å²) in [6, 6.07) is 2.85. The van der Waals surface area contributed by atoms with Crippen molar-refractivity contribution in [1.29, 1.82) is 0 Å². The molecule has 5 heterocycles. The molecule has 2 bridgehead atoms. The Labute approximate surface area is 159 Å². The number of carbonyl (C=O) groups excluding carboxylic acids is 2. The van der Waals surface area contributed by atoms with Gasteiger partial charge < -0.3 is 9.64 Å². The minimum Gasteiger partial charge on any atom is -0.381 e. The average Bonchev–Trinajstić information content (AvgIpc) is 2.92. The first-order valence-electron chi connectivity index (χ1n) is 9.79. The minimum absolute atomic E-state index is 0.0784. The molecule has 1 aromatic rings. The number of piperidine rings is 1. The summed E-state index contributed by atoms with van der Waals surface area (Å²) in [6.07, 6.45) is 5.02. The van der Waals surface area contributed by atoms with E-state index in [2.05, 4.69) is 9.80 Å². The summed E-state index contributed by atoms with van der Waals surface area (Å²) in [7, 11) is 0. The molecule has 0 aromatic carbocycles. The summed E-state index contributed by atoms with van der Waals surface area (Å²) in [4.78, 5) is 30.0. The normalized spacial score (nSPS) is 27.5. The summed E-state index contributed by atoms with van der Waals surface area (Å²) in [5.41, 5.74) is 0.978. The maximum atomic E-state index is 13.0. The third kappa shape index (κ3) is 3.87. The van der Waals surface area contributed by atoms with E-state index in [0.717, 1.165) is 62.6 Å². The SMILES string of the molecule is CC(=O)c1cc(CC(=O)N2C[C@H]3CC[C@@H]2CN(C2CCOCC2)C3)cs1. The summed E-state index contributed by atoms with van der Waals surface area (Å²) in [5, 5.41) is 1.96. The zero-order valence-electron chi connectivity index (χ0n) is 15.5. The molecule has 142 valence electrons. The smallest absolute Gasteiger partial charge is 0.227 e. The van der Waals surface area contributed by atoms with Crippen molar-refractivity contribution in [1.82, 2.24) is 9.80 Å². The predicted octanol–water partition coefficient (Wildman–Crippen LogP) is 2.60. The van der Waals surface area contributed by atoms with Crippen molar-refractivity contribution in [3.63, 3.8) is 0 Å². The van der Waals surface area contributed by atoms with Gasteiger partial charge in [-0.15, -0.1) is 11.3 Å². The van der Waals surface area contributed by atoms with Crippen LogP contribution in [0.4, 0.5) is 0 Å². The molecule has 2 atom stereocenters. The van der Waals surface area contributed by atoms with Gasteiger partial charge in [0.2, 0.25) is 5.91 Å².